The molecule has 0 saturated heterocycles. The Labute approximate surface area is 163 Å². The van der Waals surface area contributed by atoms with Crippen molar-refractivity contribution in [1.82, 2.24) is 9.38 Å². The number of Topliss-reactive ketones (excluding diaryl/α,β-unsaturated/α-hetero) is 1. The molecule has 4 rings (SSSR count). The van der Waals surface area contributed by atoms with Crippen molar-refractivity contribution in [2.75, 3.05) is 6.61 Å². The zero-order valence-corrected chi connectivity index (χ0v) is 16.0. The van der Waals surface area contributed by atoms with E-state index in [-0.39, 0.29) is 11.9 Å². The first-order valence-corrected chi connectivity index (χ1v) is 9.31. The van der Waals surface area contributed by atoms with Gasteiger partial charge >= 0.3 is 6.15 Å². The van der Waals surface area contributed by atoms with Gasteiger partial charge in [-0.2, -0.15) is 9.59 Å². The molecule has 2 aromatic heterocycles. The van der Waals surface area contributed by atoms with E-state index in [1.165, 1.54) is 11.1 Å². The third kappa shape index (κ3) is 3.73. The highest BCUT2D eigenvalue weighted by Gasteiger charge is 2.27. The van der Waals surface area contributed by atoms with Crippen molar-refractivity contribution in [1.29, 1.82) is 0 Å². The number of aromatic nitrogens is 2. The monoisotopic (exact) mass is 378 g/mol. The van der Waals surface area contributed by atoms with Crippen LogP contribution in [-0.4, -0.2) is 27.9 Å². The minimum atomic E-state index is 0.153. The molecule has 144 valence electrons. The van der Waals surface area contributed by atoms with Gasteiger partial charge in [-0.25, -0.2) is 4.98 Å². The van der Waals surface area contributed by atoms with E-state index in [1.54, 1.807) is 0 Å². The predicted molar refractivity (Wildman–Crippen MR) is 103 cm³/mol. The molecule has 0 bridgehead atoms. The van der Waals surface area contributed by atoms with E-state index in [1.807, 2.05) is 36.6 Å². The molecule has 6 nitrogen and oxygen atoms in total. The van der Waals surface area contributed by atoms with Gasteiger partial charge in [-0.15, -0.1) is 0 Å². The second-order valence-electron chi connectivity index (χ2n) is 6.69. The lowest BCUT2D eigenvalue weighted by Gasteiger charge is -2.11. The topological polar surface area (TPSA) is 77.7 Å². The summed E-state index contributed by atoms with van der Waals surface area (Å²) < 4.78 is 7.53. The first-order valence-electron chi connectivity index (χ1n) is 9.31. The van der Waals surface area contributed by atoms with Gasteiger partial charge in [0.25, 0.3) is 0 Å². The third-order valence-electron chi connectivity index (χ3n) is 5.04. The number of imidazole rings is 1. The summed E-state index contributed by atoms with van der Waals surface area (Å²) in [4.78, 5) is 33.9. The van der Waals surface area contributed by atoms with Crippen LogP contribution < -0.4 is 4.74 Å². The zero-order chi connectivity index (χ0) is 20.1. The number of benzene rings is 1. The van der Waals surface area contributed by atoms with Gasteiger partial charge in [-0.3, -0.25) is 9.20 Å². The van der Waals surface area contributed by atoms with Crippen molar-refractivity contribution < 1.29 is 19.1 Å². The maximum absolute atomic E-state index is 13.1. The van der Waals surface area contributed by atoms with E-state index < -0.39 is 0 Å². The summed E-state index contributed by atoms with van der Waals surface area (Å²) in [6, 6.07) is 12.3. The van der Waals surface area contributed by atoms with Crippen LogP contribution in [0.1, 0.15) is 53.0 Å². The molecule has 0 amide bonds. The molecule has 28 heavy (non-hydrogen) atoms. The lowest BCUT2D eigenvalue weighted by Crippen LogP contribution is -2.09. The summed E-state index contributed by atoms with van der Waals surface area (Å²) in [5, 5.41) is 0. The van der Waals surface area contributed by atoms with Gasteiger partial charge in [-0.05, 0) is 55.9 Å². The molecule has 3 aromatic rings. The SMILES string of the molecule is CCOc1cccn2c(C(=O)C[C@H]3CCc4ccccc43)c(C)nc12.O=C=O. The predicted octanol–water partition coefficient (Wildman–Crippen LogP) is 3.76. The molecule has 6 heteroatoms. The molecule has 2 heterocycles. The van der Waals surface area contributed by atoms with E-state index in [0.29, 0.717) is 24.6 Å². The Bertz CT molecular complexity index is 1030. The van der Waals surface area contributed by atoms with Gasteiger partial charge in [0.15, 0.2) is 17.2 Å². The average Bonchev–Trinajstić information content (AvgIpc) is 3.24. The summed E-state index contributed by atoms with van der Waals surface area (Å²) in [6.45, 7) is 4.43. The van der Waals surface area contributed by atoms with Gasteiger partial charge in [0.2, 0.25) is 0 Å². The molecule has 0 N–H and O–H groups in total. The first kappa shape index (κ1) is 19.5. The first-order chi connectivity index (χ1) is 13.6. The van der Waals surface area contributed by atoms with Crippen LogP contribution in [0.4, 0.5) is 0 Å². The Balaban J connectivity index is 0.000000706. The quantitative estimate of drug-likeness (QED) is 0.632. The molecular weight excluding hydrogens is 356 g/mol. The Hall–Kier alpha value is -3.24. The number of ketones is 1. The fraction of sp³-hybridized carbons (Fsp3) is 0.318. The number of pyridine rings is 1. The maximum atomic E-state index is 13.1. The van der Waals surface area contributed by atoms with Crippen LogP contribution in [0.15, 0.2) is 42.6 Å². The van der Waals surface area contributed by atoms with Crippen molar-refractivity contribution in [3.05, 3.63) is 65.1 Å². The normalized spacial score (nSPS) is 14.7. The number of fused-ring (bicyclic) bond motifs is 2. The standard InChI is InChI=1S/C21H22N2O2.CO2/c1-3-25-19-9-6-12-23-20(14(2)22-21(19)23)18(24)13-16-11-10-15-7-4-5-8-17(15)16;2-1-3/h4-9,12,16H,3,10-11,13H2,1-2H3;/t16-;/m1./s1. The van der Waals surface area contributed by atoms with Crippen molar-refractivity contribution in [3.63, 3.8) is 0 Å². The van der Waals surface area contributed by atoms with E-state index >= 15 is 0 Å². The maximum Gasteiger partial charge on any atom is 0.373 e. The van der Waals surface area contributed by atoms with Gasteiger partial charge in [0.05, 0.1) is 12.3 Å². The highest BCUT2D eigenvalue weighted by atomic mass is 16.5. The minimum absolute atomic E-state index is 0.153. The molecule has 0 radical (unpaired) electrons. The molecular formula is C22H22N2O4. The van der Waals surface area contributed by atoms with Crippen LogP contribution in [0.25, 0.3) is 5.65 Å². The second-order valence-corrected chi connectivity index (χ2v) is 6.69. The average molecular weight is 378 g/mol. The number of nitrogens with zero attached hydrogens (tertiary/aromatic N) is 2. The second kappa shape index (κ2) is 8.63. The van der Waals surface area contributed by atoms with Crippen LogP contribution in [0.3, 0.4) is 0 Å². The molecule has 0 fully saturated rings. The van der Waals surface area contributed by atoms with Gasteiger partial charge in [0, 0.05) is 12.6 Å². The molecule has 0 aliphatic heterocycles. The largest absolute Gasteiger partial charge is 0.490 e. The molecule has 0 spiro atoms. The van der Waals surface area contributed by atoms with Crippen molar-refractivity contribution >= 4 is 17.6 Å². The molecule has 0 saturated carbocycles. The van der Waals surface area contributed by atoms with Crippen LogP contribution in [0.5, 0.6) is 5.75 Å². The van der Waals surface area contributed by atoms with Crippen molar-refractivity contribution in [2.24, 2.45) is 0 Å². The fourth-order valence-corrected chi connectivity index (χ4v) is 3.94. The number of ether oxygens (including phenoxy) is 1. The Kier molecular flexibility index (Phi) is 6.02. The molecule has 1 aromatic carbocycles. The number of aryl methyl sites for hydroxylation is 2. The molecule has 1 aliphatic carbocycles. The van der Waals surface area contributed by atoms with Crippen LogP contribution in [0.2, 0.25) is 0 Å². The summed E-state index contributed by atoms with van der Waals surface area (Å²) in [5.74, 6) is 1.18. The van der Waals surface area contributed by atoms with Gasteiger partial charge < -0.3 is 4.74 Å². The number of carbonyl (C=O) groups excluding carboxylic acids is 3. The molecule has 0 unspecified atom stereocenters. The Morgan fingerprint density at radius 2 is 2.00 bits per heavy atom. The van der Waals surface area contributed by atoms with Crippen LogP contribution in [-0.2, 0) is 16.0 Å². The van der Waals surface area contributed by atoms with E-state index in [9.17, 15) is 4.79 Å². The number of carbonyl (C=O) groups is 1. The summed E-state index contributed by atoms with van der Waals surface area (Å²) in [6.07, 6.45) is 4.79. The van der Waals surface area contributed by atoms with E-state index in [0.717, 1.165) is 29.9 Å². The Morgan fingerprint density at radius 3 is 2.75 bits per heavy atom. The summed E-state index contributed by atoms with van der Waals surface area (Å²) in [5.41, 5.74) is 4.88. The van der Waals surface area contributed by atoms with Crippen molar-refractivity contribution in [3.8, 4) is 5.75 Å². The van der Waals surface area contributed by atoms with Gasteiger partial charge in [-0.1, -0.05) is 24.3 Å². The summed E-state index contributed by atoms with van der Waals surface area (Å²) in [7, 11) is 0. The highest BCUT2D eigenvalue weighted by molar-refractivity contribution is 5.97. The summed E-state index contributed by atoms with van der Waals surface area (Å²) >= 11 is 0. The number of hydrogen-bond acceptors (Lipinski definition) is 5. The highest BCUT2D eigenvalue weighted by Crippen LogP contribution is 2.36. The lowest BCUT2D eigenvalue weighted by molar-refractivity contribution is -0.191. The molecule has 1 aliphatic rings. The number of rotatable bonds is 5. The van der Waals surface area contributed by atoms with Gasteiger partial charge in [0.1, 0.15) is 5.69 Å². The third-order valence-corrected chi connectivity index (χ3v) is 5.04. The van der Waals surface area contributed by atoms with Crippen LogP contribution >= 0.6 is 0 Å². The van der Waals surface area contributed by atoms with Crippen LogP contribution in [0, 0.1) is 6.92 Å². The van der Waals surface area contributed by atoms with Crippen molar-refractivity contribution in [2.45, 2.75) is 39.0 Å². The van der Waals surface area contributed by atoms with E-state index in [2.05, 4.69) is 29.2 Å². The molecule has 1 atom stereocenters. The Morgan fingerprint density at radius 1 is 1.25 bits per heavy atom. The smallest absolute Gasteiger partial charge is 0.373 e. The zero-order valence-electron chi connectivity index (χ0n) is 16.0. The fourth-order valence-electron chi connectivity index (χ4n) is 3.94. The number of hydrogen-bond donors (Lipinski definition) is 0. The minimum Gasteiger partial charge on any atom is -0.490 e. The van der Waals surface area contributed by atoms with E-state index in [4.69, 9.17) is 14.3 Å². The lowest BCUT2D eigenvalue weighted by atomic mass is 9.94.